The number of rotatable bonds is 4. The zero-order valence-electron chi connectivity index (χ0n) is 12.0. The fourth-order valence-electron chi connectivity index (χ4n) is 2.12. The number of hydrogen-bond donors (Lipinski definition) is 1. The molecule has 0 saturated carbocycles. The van der Waals surface area contributed by atoms with Gasteiger partial charge in [-0.3, -0.25) is 4.79 Å². The molecule has 0 unspecified atom stereocenters. The molecule has 0 radical (unpaired) electrons. The summed E-state index contributed by atoms with van der Waals surface area (Å²) in [4.78, 5) is 16.5. The quantitative estimate of drug-likeness (QED) is 0.803. The van der Waals surface area contributed by atoms with Crippen LogP contribution in [0.2, 0.25) is 0 Å². The molecular formula is C15H12F2N4O2. The van der Waals surface area contributed by atoms with Crippen molar-refractivity contribution in [2.24, 2.45) is 0 Å². The highest BCUT2D eigenvalue weighted by Crippen LogP contribution is 2.28. The van der Waals surface area contributed by atoms with Gasteiger partial charge in [-0.15, -0.1) is 0 Å². The van der Waals surface area contributed by atoms with Crippen molar-refractivity contribution >= 4 is 17.2 Å². The highest BCUT2D eigenvalue weighted by molar-refractivity contribution is 6.08. The summed E-state index contributed by atoms with van der Waals surface area (Å²) in [5.74, 6) is -0.619. The lowest BCUT2D eigenvalue weighted by molar-refractivity contribution is -0.0493. The Morgan fingerprint density at radius 2 is 2.22 bits per heavy atom. The van der Waals surface area contributed by atoms with Crippen molar-refractivity contribution in [1.29, 1.82) is 0 Å². The zero-order valence-corrected chi connectivity index (χ0v) is 12.0. The summed E-state index contributed by atoms with van der Waals surface area (Å²) in [5, 5.41) is 6.57. The van der Waals surface area contributed by atoms with Gasteiger partial charge in [0, 0.05) is 12.4 Å². The minimum atomic E-state index is -2.98. The average Bonchev–Trinajstić information content (AvgIpc) is 2.93. The van der Waals surface area contributed by atoms with E-state index in [4.69, 9.17) is 0 Å². The van der Waals surface area contributed by atoms with Crippen LogP contribution in [0.5, 0.6) is 5.75 Å². The first-order valence-electron chi connectivity index (χ1n) is 6.70. The highest BCUT2D eigenvalue weighted by Gasteiger charge is 2.17. The summed E-state index contributed by atoms with van der Waals surface area (Å²) in [7, 11) is 0. The van der Waals surface area contributed by atoms with E-state index in [1.807, 2.05) is 0 Å². The van der Waals surface area contributed by atoms with E-state index < -0.39 is 12.5 Å². The number of aryl methyl sites for hydroxylation is 1. The molecule has 23 heavy (non-hydrogen) atoms. The van der Waals surface area contributed by atoms with Crippen molar-refractivity contribution in [3.05, 3.63) is 54.0 Å². The standard InChI is InChI=1S/C15H12F2N4O2/c1-9-3-4-12(23-15(16)17)11(7-9)20-14(22)10-8-19-21-6-2-5-18-13(10)21/h2-8,15H,1H3,(H,20,22). The van der Waals surface area contributed by atoms with Gasteiger partial charge in [-0.25, -0.2) is 9.50 Å². The van der Waals surface area contributed by atoms with Gasteiger partial charge in [0.1, 0.15) is 11.3 Å². The molecule has 0 bridgehead atoms. The molecule has 2 aromatic heterocycles. The van der Waals surface area contributed by atoms with Crippen molar-refractivity contribution in [3.63, 3.8) is 0 Å². The Morgan fingerprint density at radius 1 is 1.39 bits per heavy atom. The Bertz CT molecular complexity index is 864. The van der Waals surface area contributed by atoms with Crippen LogP contribution in [0, 0.1) is 6.92 Å². The Balaban J connectivity index is 1.92. The lowest BCUT2D eigenvalue weighted by Gasteiger charge is -2.12. The second-order valence-corrected chi connectivity index (χ2v) is 4.78. The molecule has 8 heteroatoms. The van der Waals surface area contributed by atoms with Gasteiger partial charge >= 0.3 is 6.61 Å². The van der Waals surface area contributed by atoms with Gasteiger partial charge in [0.05, 0.1) is 11.9 Å². The van der Waals surface area contributed by atoms with Crippen molar-refractivity contribution in [2.75, 3.05) is 5.32 Å². The predicted octanol–water partition coefficient (Wildman–Crippen LogP) is 2.89. The Labute approximate surface area is 129 Å². The first-order valence-corrected chi connectivity index (χ1v) is 6.70. The second kappa shape index (κ2) is 5.99. The molecule has 0 aliphatic heterocycles. The van der Waals surface area contributed by atoms with Crippen LogP contribution in [0.15, 0.2) is 42.9 Å². The highest BCUT2D eigenvalue weighted by atomic mass is 19.3. The molecule has 0 aliphatic carbocycles. The summed E-state index contributed by atoms with van der Waals surface area (Å²) in [6.45, 7) is -1.20. The molecule has 0 atom stereocenters. The van der Waals surface area contributed by atoms with E-state index in [-0.39, 0.29) is 17.0 Å². The zero-order chi connectivity index (χ0) is 16.4. The molecule has 6 nitrogen and oxygen atoms in total. The molecule has 0 spiro atoms. The molecular weight excluding hydrogens is 306 g/mol. The van der Waals surface area contributed by atoms with Gasteiger partial charge in [-0.2, -0.15) is 13.9 Å². The SMILES string of the molecule is Cc1ccc(OC(F)F)c(NC(=O)c2cnn3cccnc23)c1. The van der Waals surface area contributed by atoms with E-state index in [1.165, 1.54) is 23.0 Å². The van der Waals surface area contributed by atoms with E-state index >= 15 is 0 Å². The van der Waals surface area contributed by atoms with E-state index in [1.54, 1.807) is 31.3 Å². The summed E-state index contributed by atoms with van der Waals surface area (Å²) in [6.07, 6.45) is 4.55. The van der Waals surface area contributed by atoms with Crippen LogP contribution in [0.1, 0.15) is 15.9 Å². The third kappa shape index (κ3) is 3.10. The summed E-state index contributed by atoms with van der Waals surface area (Å²) < 4.78 is 30.8. The maximum Gasteiger partial charge on any atom is 0.387 e. The van der Waals surface area contributed by atoms with Gasteiger partial charge in [-0.1, -0.05) is 6.07 Å². The maximum absolute atomic E-state index is 12.5. The molecule has 0 saturated heterocycles. The minimum Gasteiger partial charge on any atom is -0.433 e. The molecule has 1 aromatic carbocycles. The van der Waals surface area contributed by atoms with Crippen LogP contribution in [0.4, 0.5) is 14.5 Å². The Morgan fingerprint density at radius 3 is 3.00 bits per heavy atom. The fourth-order valence-corrected chi connectivity index (χ4v) is 2.12. The summed E-state index contributed by atoms with van der Waals surface area (Å²) in [5.41, 5.74) is 1.55. The van der Waals surface area contributed by atoms with E-state index in [0.717, 1.165) is 5.56 Å². The third-order valence-electron chi connectivity index (χ3n) is 3.12. The van der Waals surface area contributed by atoms with Crippen LogP contribution in [-0.4, -0.2) is 27.1 Å². The number of nitrogens with one attached hydrogen (secondary N) is 1. The molecule has 0 fully saturated rings. The van der Waals surface area contributed by atoms with Gasteiger partial charge in [-0.05, 0) is 30.7 Å². The summed E-state index contributed by atoms with van der Waals surface area (Å²) in [6, 6.07) is 6.22. The third-order valence-corrected chi connectivity index (χ3v) is 3.12. The lowest BCUT2D eigenvalue weighted by atomic mass is 10.2. The van der Waals surface area contributed by atoms with Gasteiger partial charge in [0.25, 0.3) is 5.91 Å². The van der Waals surface area contributed by atoms with Crippen LogP contribution in [-0.2, 0) is 0 Å². The Hall–Kier alpha value is -3.03. The second-order valence-electron chi connectivity index (χ2n) is 4.78. The number of amides is 1. The lowest BCUT2D eigenvalue weighted by Crippen LogP contribution is -2.14. The molecule has 3 rings (SSSR count). The Kier molecular flexibility index (Phi) is 3.88. The monoisotopic (exact) mass is 318 g/mol. The van der Waals surface area contributed by atoms with Crippen molar-refractivity contribution in [2.45, 2.75) is 13.5 Å². The molecule has 1 amide bonds. The normalized spacial score (nSPS) is 11.0. The molecule has 2 heterocycles. The predicted molar refractivity (Wildman–Crippen MR) is 78.8 cm³/mol. The van der Waals surface area contributed by atoms with Crippen LogP contribution in [0.3, 0.4) is 0 Å². The first kappa shape index (κ1) is 14.9. The van der Waals surface area contributed by atoms with Gasteiger partial charge in [0.2, 0.25) is 0 Å². The molecule has 0 aliphatic rings. The number of ether oxygens (including phenoxy) is 1. The van der Waals surface area contributed by atoms with Gasteiger partial charge in [0.15, 0.2) is 5.65 Å². The molecule has 1 N–H and O–H groups in total. The fraction of sp³-hybridized carbons (Fsp3) is 0.133. The largest absolute Gasteiger partial charge is 0.433 e. The van der Waals surface area contributed by atoms with E-state index in [0.29, 0.717) is 5.65 Å². The van der Waals surface area contributed by atoms with E-state index in [2.05, 4.69) is 20.1 Å². The average molecular weight is 318 g/mol. The minimum absolute atomic E-state index is 0.108. The van der Waals surface area contributed by atoms with E-state index in [9.17, 15) is 13.6 Å². The van der Waals surface area contributed by atoms with Crippen LogP contribution < -0.4 is 10.1 Å². The maximum atomic E-state index is 12.5. The smallest absolute Gasteiger partial charge is 0.387 e. The van der Waals surface area contributed by atoms with Gasteiger partial charge < -0.3 is 10.1 Å². The summed E-state index contributed by atoms with van der Waals surface area (Å²) >= 11 is 0. The number of alkyl halides is 2. The first-order chi connectivity index (χ1) is 11.0. The number of benzene rings is 1. The van der Waals surface area contributed by atoms with Crippen LogP contribution >= 0.6 is 0 Å². The number of nitrogens with zero attached hydrogens (tertiary/aromatic N) is 3. The molecule has 118 valence electrons. The number of fused-ring (bicyclic) bond motifs is 1. The van der Waals surface area contributed by atoms with Crippen molar-refractivity contribution in [3.8, 4) is 5.75 Å². The van der Waals surface area contributed by atoms with Crippen molar-refractivity contribution < 1.29 is 18.3 Å². The number of carbonyl (C=O) groups excluding carboxylic acids is 1. The number of halogens is 2. The van der Waals surface area contributed by atoms with Crippen LogP contribution in [0.25, 0.3) is 5.65 Å². The number of carbonyl (C=O) groups is 1. The number of hydrogen-bond acceptors (Lipinski definition) is 4. The molecule has 3 aromatic rings. The number of anilines is 1. The van der Waals surface area contributed by atoms with Crippen molar-refractivity contribution in [1.82, 2.24) is 14.6 Å². The number of aromatic nitrogens is 3. The topological polar surface area (TPSA) is 68.5 Å².